The third-order valence-corrected chi connectivity index (χ3v) is 3.82. The van der Waals surface area contributed by atoms with Crippen molar-refractivity contribution >= 4 is 22.1 Å². The maximum absolute atomic E-state index is 5.60. The molecular formula is C14H12N2S. The minimum Gasteiger partial charge on any atom is -0.326 e. The van der Waals surface area contributed by atoms with E-state index in [4.69, 9.17) is 5.73 Å². The fraction of sp³-hybridized carbons (Fsp3) is 0.0714. The van der Waals surface area contributed by atoms with Gasteiger partial charge >= 0.3 is 0 Å². The second-order valence-corrected chi connectivity index (χ2v) is 5.01. The summed E-state index contributed by atoms with van der Waals surface area (Å²) in [6, 6.07) is 14.8. The van der Waals surface area contributed by atoms with Gasteiger partial charge < -0.3 is 5.73 Å². The quantitative estimate of drug-likeness (QED) is 0.745. The van der Waals surface area contributed by atoms with Crippen LogP contribution in [-0.4, -0.2) is 4.98 Å². The van der Waals surface area contributed by atoms with E-state index in [0.717, 1.165) is 15.4 Å². The van der Waals surface area contributed by atoms with E-state index in [9.17, 15) is 0 Å². The largest absolute Gasteiger partial charge is 0.326 e. The molecule has 0 saturated carbocycles. The van der Waals surface area contributed by atoms with E-state index in [0.29, 0.717) is 6.54 Å². The molecule has 0 fully saturated rings. The van der Waals surface area contributed by atoms with Crippen molar-refractivity contribution < 1.29 is 0 Å². The molecule has 0 spiro atoms. The summed E-state index contributed by atoms with van der Waals surface area (Å²) in [5.74, 6) is 0. The van der Waals surface area contributed by atoms with Gasteiger partial charge in [-0.25, -0.2) is 4.98 Å². The number of thiazole rings is 1. The summed E-state index contributed by atoms with van der Waals surface area (Å²) in [7, 11) is 0. The molecule has 0 saturated heterocycles. The Hall–Kier alpha value is -1.71. The molecule has 3 heteroatoms. The molecular weight excluding hydrogens is 228 g/mol. The maximum Gasteiger partial charge on any atom is 0.123 e. The summed E-state index contributed by atoms with van der Waals surface area (Å²) in [6.07, 6.45) is 1.86. The Morgan fingerprint density at radius 3 is 2.65 bits per heavy atom. The van der Waals surface area contributed by atoms with Crippen LogP contribution in [0.3, 0.4) is 0 Å². The average molecular weight is 240 g/mol. The molecule has 3 aromatic rings. The minimum absolute atomic E-state index is 0.561. The first-order chi connectivity index (χ1) is 8.36. The van der Waals surface area contributed by atoms with Crippen molar-refractivity contribution in [2.75, 3.05) is 0 Å². The number of aromatic nitrogens is 1. The summed E-state index contributed by atoms with van der Waals surface area (Å²) in [5.41, 5.74) is 6.76. The first-order valence-electron chi connectivity index (χ1n) is 5.51. The van der Waals surface area contributed by atoms with Crippen molar-refractivity contribution in [1.29, 1.82) is 0 Å². The molecule has 0 unspecified atom stereocenters. The fourth-order valence-corrected chi connectivity index (χ4v) is 2.65. The SMILES string of the molecule is NCc1cnc(-c2ccc3ccccc3c2)s1. The van der Waals surface area contributed by atoms with Crippen LogP contribution in [-0.2, 0) is 6.54 Å². The molecule has 0 aliphatic heterocycles. The van der Waals surface area contributed by atoms with Crippen LogP contribution < -0.4 is 5.73 Å². The molecule has 0 radical (unpaired) electrons. The lowest BCUT2D eigenvalue weighted by Gasteiger charge is -2.00. The lowest BCUT2D eigenvalue weighted by atomic mass is 10.1. The molecule has 0 amide bonds. The highest BCUT2D eigenvalue weighted by Gasteiger charge is 2.04. The second kappa shape index (κ2) is 4.28. The highest BCUT2D eigenvalue weighted by molar-refractivity contribution is 7.15. The summed E-state index contributed by atoms with van der Waals surface area (Å²) in [5, 5.41) is 3.54. The molecule has 2 nitrogen and oxygen atoms in total. The van der Waals surface area contributed by atoms with Crippen molar-refractivity contribution in [2.45, 2.75) is 6.54 Å². The van der Waals surface area contributed by atoms with E-state index >= 15 is 0 Å². The topological polar surface area (TPSA) is 38.9 Å². The average Bonchev–Trinajstić information content (AvgIpc) is 2.87. The van der Waals surface area contributed by atoms with Crippen molar-refractivity contribution in [3.63, 3.8) is 0 Å². The van der Waals surface area contributed by atoms with Crippen molar-refractivity contribution in [1.82, 2.24) is 4.98 Å². The lowest BCUT2D eigenvalue weighted by Crippen LogP contribution is -1.91. The number of rotatable bonds is 2. The van der Waals surface area contributed by atoms with Crippen LogP contribution >= 0.6 is 11.3 Å². The van der Waals surface area contributed by atoms with Gasteiger partial charge in [-0.3, -0.25) is 0 Å². The van der Waals surface area contributed by atoms with Crippen LogP contribution in [0, 0.1) is 0 Å². The molecule has 2 aromatic carbocycles. The van der Waals surface area contributed by atoms with Gasteiger partial charge in [-0.1, -0.05) is 36.4 Å². The molecule has 3 rings (SSSR count). The van der Waals surface area contributed by atoms with E-state index in [-0.39, 0.29) is 0 Å². The number of benzene rings is 2. The van der Waals surface area contributed by atoms with Gasteiger partial charge in [0, 0.05) is 23.2 Å². The summed E-state index contributed by atoms with van der Waals surface area (Å²) >= 11 is 1.66. The molecule has 1 aromatic heterocycles. The molecule has 0 aliphatic carbocycles. The van der Waals surface area contributed by atoms with Crippen LogP contribution in [0.4, 0.5) is 0 Å². The Kier molecular flexibility index (Phi) is 2.63. The monoisotopic (exact) mass is 240 g/mol. The number of fused-ring (bicyclic) bond motifs is 1. The highest BCUT2D eigenvalue weighted by Crippen LogP contribution is 2.27. The van der Waals surface area contributed by atoms with Gasteiger partial charge in [0.1, 0.15) is 5.01 Å². The van der Waals surface area contributed by atoms with E-state index in [1.807, 2.05) is 6.20 Å². The number of hydrogen-bond donors (Lipinski definition) is 1. The molecule has 2 N–H and O–H groups in total. The van der Waals surface area contributed by atoms with E-state index < -0.39 is 0 Å². The number of nitrogens with zero attached hydrogens (tertiary/aromatic N) is 1. The van der Waals surface area contributed by atoms with Crippen molar-refractivity contribution in [3.8, 4) is 10.6 Å². The van der Waals surface area contributed by atoms with E-state index in [1.54, 1.807) is 11.3 Å². The zero-order chi connectivity index (χ0) is 11.7. The molecule has 0 aliphatic rings. The summed E-state index contributed by atoms with van der Waals surface area (Å²) in [6.45, 7) is 0.561. The van der Waals surface area contributed by atoms with Gasteiger partial charge in [0.2, 0.25) is 0 Å². The first kappa shape index (κ1) is 10.4. The van der Waals surface area contributed by atoms with Crippen LogP contribution in [0.25, 0.3) is 21.3 Å². The Labute approximate surface area is 104 Å². The zero-order valence-corrected chi connectivity index (χ0v) is 10.1. The third kappa shape index (κ3) is 1.95. The normalized spacial score (nSPS) is 10.9. The predicted molar refractivity (Wildman–Crippen MR) is 72.9 cm³/mol. The summed E-state index contributed by atoms with van der Waals surface area (Å²) in [4.78, 5) is 5.52. The smallest absolute Gasteiger partial charge is 0.123 e. The zero-order valence-electron chi connectivity index (χ0n) is 9.26. The second-order valence-electron chi connectivity index (χ2n) is 3.90. The Balaban J connectivity index is 2.11. The van der Waals surface area contributed by atoms with Crippen LogP contribution in [0.2, 0.25) is 0 Å². The molecule has 84 valence electrons. The fourth-order valence-electron chi connectivity index (χ4n) is 1.86. The number of nitrogens with two attached hydrogens (primary N) is 1. The lowest BCUT2D eigenvalue weighted by molar-refractivity contribution is 1.10. The van der Waals surface area contributed by atoms with E-state index in [1.165, 1.54) is 10.8 Å². The van der Waals surface area contributed by atoms with Crippen LogP contribution in [0.5, 0.6) is 0 Å². The Morgan fingerprint density at radius 1 is 1.06 bits per heavy atom. The van der Waals surface area contributed by atoms with Gasteiger partial charge in [0.15, 0.2) is 0 Å². The van der Waals surface area contributed by atoms with Gasteiger partial charge in [-0.2, -0.15) is 0 Å². The standard InChI is InChI=1S/C14H12N2S/c15-8-13-9-16-14(17-13)12-6-5-10-3-1-2-4-11(10)7-12/h1-7,9H,8,15H2. The first-order valence-corrected chi connectivity index (χ1v) is 6.32. The van der Waals surface area contributed by atoms with Gasteiger partial charge in [-0.05, 0) is 16.8 Å². The Morgan fingerprint density at radius 2 is 1.88 bits per heavy atom. The maximum atomic E-state index is 5.60. The molecule has 0 bridgehead atoms. The molecule has 1 heterocycles. The predicted octanol–water partition coefficient (Wildman–Crippen LogP) is 3.42. The van der Waals surface area contributed by atoms with Crippen molar-refractivity contribution in [2.24, 2.45) is 5.73 Å². The molecule has 17 heavy (non-hydrogen) atoms. The van der Waals surface area contributed by atoms with Crippen LogP contribution in [0.15, 0.2) is 48.7 Å². The van der Waals surface area contributed by atoms with Crippen LogP contribution in [0.1, 0.15) is 4.88 Å². The summed E-state index contributed by atoms with van der Waals surface area (Å²) < 4.78 is 0. The van der Waals surface area contributed by atoms with Gasteiger partial charge in [0.25, 0.3) is 0 Å². The minimum atomic E-state index is 0.561. The number of hydrogen-bond acceptors (Lipinski definition) is 3. The van der Waals surface area contributed by atoms with E-state index in [2.05, 4.69) is 47.4 Å². The Bertz CT molecular complexity index is 658. The third-order valence-electron chi connectivity index (χ3n) is 2.75. The van der Waals surface area contributed by atoms with Gasteiger partial charge in [-0.15, -0.1) is 11.3 Å². The van der Waals surface area contributed by atoms with Gasteiger partial charge in [0.05, 0.1) is 0 Å². The molecule has 0 atom stereocenters. The van der Waals surface area contributed by atoms with Crippen molar-refractivity contribution in [3.05, 3.63) is 53.5 Å². The highest BCUT2D eigenvalue weighted by atomic mass is 32.1.